The fraction of sp³-hybridized carbons (Fsp3) is 0.375. The predicted octanol–water partition coefficient (Wildman–Crippen LogP) is 2.79. The fourth-order valence-electron chi connectivity index (χ4n) is 4.57. The number of ether oxygens (including phenoxy) is 1. The molecule has 3 heterocycles. The van der Waals surface area contributed by atoms with Crippen molar-refractivity contribution in [1.29, 1.82) is 0 Å². The minimum Gasteiger partial charge on any atom is -0.490 e. The molecule has 31 heavy (non-hydrogen) atoms. The minimum atomic E-state index is -0.0922. The summed E-state index contributed by atoms with van der Waals surface area (Å²) >= 11 is 0. The van der Waals surface area contributed by atoms with E-state index in [1.807, 2.05) is 20.2 Å². The summed E-state index contributed by atoms with van der Waals surface area (Å²) in [7, 11) is 1.91. The van der Waals surface area contributed by atoms with Gasteiger partial charge >= 0.3 is 0 Å². The van der Waals surface area contributed by atoms with Crippen molar-refractivity contribution in [1.82, 2.24) is 15.1 Å². The Balaban J connectivity index is 1.54. The Morgan fingerprint density at radius 1 is 1.23 bits per heavy atom. The lowest BCUT2D eigenvalue weighted by Gasteiger charge is -2.21. The highest BCUT2D eigenvalue weighted by Crippen LogP contribution is 2.35. The van der Waals surface area contributed by atoms with Gasteiger partial charge in [0.1, 0.15) is 17.7 Å². The van der Waals surface area contributed by atoms with Crippen molar-refractivity contribution in [2.45, 2.75) is 38.8 Å². The Labute approximate surface area is 181 Å². The quantitative estimate of drug-likeness (QED) is 0.682. The number of benzene rings is 2. The maximum absolute atomic E-state index is 11.6. The molecule has 1 saturated heterocycles. The highest BCUT2D eigenvalue weighted by Gasteiger charge is 2.28. The van der Waals surface area contributed by atoms with Gasteiger partial charge in [-0.2, -0.15) is 5.10 Å². The molecule has 1 amide bonds. The second kappa shape index (κ2) is 7.41. The van der Waals surface area contributed by atoms with Crippen LogP contribution in [0.2, 0.25) is 0 Å². The van der Waals surface area contributed by atoms with Gasteiger partial charge in [0, 0.05) is 37.7 Å². The average molecular weight is 418 g/mol. The van der Waals surface area contributed by atoms with Gasteiger partial charge in [-0.1, -0.05) is 12.1 Å². The molecular weight excluding hydrogens is 390 g/mol. The molecule has 5 rings (SSSR count). The third-order valence-electron chi connectivity index (χ3n) is 6.28. The summed E-state index contributed by atoms with van der Waals surface area (Å²) in [6.07, 6.45) is 3.28. The highest BCUT2D eigenvalue weighted by atomic mass is 16.5. The van der Waals surface area contributed by atoms with Gasteiger partial charge in [0.05, 0.1) is 16.9 Å². The number of carbonyl (C=O) groups excluding carboxylic acids is 1. The molecule has 0 saturated carbocycles. The lowest BCUT2D eigenvalue weighted by molar-refractivity contribution is -0.119. The number of aromatic nitrogens is 2. The van der Waals surface area contributed by atoms with Gasteiger partial charge < -0.3 is 15.8 Å². The van der Waals surface area contributed by atoms with Crippen LogP contribution in [0.15, 0.2) is 41.5 Å². The van der Waals surface area contributed by atoms with E-state index in [1.54, 1.807) is 4.68 Å². The number of rotatable bonds is 4. The Morgan fingerprint density at radius 2 is 2.06 bits per heavy atom. The van der Waals surface area contributed by atoms with Gasteiger partial charge in [0.2, 0.25) is 5.91 Å². The first-order valence-electron chi connectivity index (χ1n) is 10.7. The number of nitrogens with one attached hydrogen (secondary N) is 1. The van der Waals surface area contributed by atoms with Crippen molar-refractivity contribution < 1.29 is 9.53 Å². The number of hydrogen-bond donors (Lipinski definition) is 2. The molecule has 2 aromatic carbocycles. The van der Waals surface area contributed by atoms with Crippen molar-refractivity contribution in [3.63, 3.8) is 0 Å². The number of amides is 1. The van der Waals surface area contributed by atoms with E-state index in [0.717, 1.165) is 39.8 Å². The van der Waals surface area contributed by atoms with E-state index >= 15 is 0 Å². The van der Waals surface area contributed by atoms with Crippen LogP contribution in [0.25, 0.3) is 22.0 Å². The van der Waals surface area contributed by atoms with Crippen LogP contribution in [-0.2, 0) is 18.3 Å². The SMILES string of the molecule is CC1Cc2ccc(-c3cc(O[C@H](C)[C@H]4CNC(=O)C4)c4cn(C)nc4c3)cc2C(N)=N1. The molecule has 2 aliphatic rings. The van der Waals surface area contributed by atoms with Gasteiger partial charge in [-0.15, -0.1) is 0 Å². The van der Waals surface area contributed by atoms with Crippen molar-refractivity contribution in [2.75, 3.05) is 6.54 Å². The molecule has 2 aliphatic heterocycles. The lowest BCUT2D eigenvalue weighted by Crippen LogP contribution is -2.25. The molecule has 7 heteroatoms. The zero-order valence-electron chi connectivity index (χ0n) is 18.1. The number of hydrogen-bond acceptors (Lipinski definition) is 5. The fourth-order valence-corrected chi connectivity index (χ4v) is 4.57. The summed E-state index contributed by atoms with van der Waals surface area (Å²) in [4.78, 5) is 16.2. The summed E-state index contributed by atoms with van der Waals surface area (Å²) in [5.41, 5.74) is 11.4. The van der Waals surface area contributed by atoms with Crippen molar-refractivity contribution in [3.05, 3.63) is 47.7 Å². The Bertz CT molecular complexity index is 1210. The second-order valence-corrected chi connectivity index (χ2v) is 8.74. The number of fused-ring (bicyclic) bond motifs is 2. The van der Waals surface area contributed by atoms with Crippen LogP contribution >= 0.6 is 0 Å². The van der Waals surface area contributed by atoms with Crippen LogP contribution in [0.4, 0.5) is 0 Å². The van der Waals surface area contributed by atoms with Crippen molar-refractivity contribution >= 4 is 22.6 Å². The van der Waals surface area contributed by atoms with Gasteiger partial charge in [-0.25, -0.2) is 0 Å². The molecule has 1 fully saturated rings. The van der Waals surface area contributed by atoms with Crippen LogP contribution in [-0.4, -0.2) is 40.2 Å². The number of carbonyl (C=O) groups is 1. The van der Waals surface area contributed by atoms with Gasteiger partial charge in [0.25, 0.3) is 0 Å². The number of nitrogens with two attached hydrogens (primary N) is 1. The largest absolute Gasteiger partial charge is 0.490 e. The van der Waals surface area contributed by atoms with Crippen molar-refractivity contribution in [2.24, 2.45) is 23.7 Å². The van der Waals surface area contributed by atoms with Crippen LogP contribution in [0.1, 0.15) is 31.4 Å². The third-order valence-corrected chi connectivity index (χ3v) is 6.28. The van der Waals surface area contributed by atoms with E-state index in [-0.39, 0.29) is 24.0 Å². The molecule has 0 spiro atoms. The number of amidine groups is 1. The highest BCUT2D eigenvalue weighted by molar-refractivity contribution is 6.01. The molecule has 0 aliphatic carbocycles. The van der Waals surface area contributed by atoms with E-state index < -0.39 is 0 Å². The summed E-state index contributed by atoms with van der Waals surface area (Å²) < 4.78 is 8.19. The van der Waals surface area contributed by atoms with E-state index in [9.17, 15) is 4.79 Å². The number of nitrogens with zero attached hydrogens (tertiary/aromatic N) is 3. The Morgan fingerprint density at radius 3 is 2.84 bits per heavy atom. The van der Waals surface area contributed by atoms with E-state index in [1.165, 1.54) is 5.56 Å². The smallest absolute Gasteiger partial charge is 0.220 e. The third kappa shape index (κ3) is 3.65. The zero-order valence-corrected chi connectivity index (χ0v) is 18.1. The molecule has 3 aromatic rings. The minimum absolute atomic E-state index is 0.0864. The standard InChI is InChI=1S/C24H27N5O2/c1-13-6-16-5-4-15(7-19(16)24(25)27-13)17-8-21-20(12-29(3)28-21)22(9-17)31-14(2)18-10-23(30)26-11-18/h4-5,7-9,12-14,18H,6,10-11H2,1-3H3,(H2,25,27)(H,26,30)/t13?,14-,18-/m1/s1. The molecular formula is C24H27N5O2. The van der Waals surface area contributed by atoms with Crippen LogP contribution in [0.3, 0.4) is 0 Å². The molecule has 3 atom stereocenters. The maximum atomic E-state index is 11.6. The Hall–Kier alpha value is -3.35. The zero-order chi connectivity index (χ0) is 21.7. The van der Waals surface area contributed by atoms with Gasteiger partial charge in [-0.05, 0) is 55.2 Å². The summed E-state index contributed by atoms with van der Waals surface area (Å²) in [6.45, 7) is 4.76. The van der Waals surface area contributed by atoms with E-state index in [2.05, 4.69) is 52.7 Å². The normalized spacial score (nSPS) is 21.5. The van der Waals surface area contributed by atoms with Gasteiger partial charge in [0.15, 0.2) is 0 Å². The summed E-state index contributed by atoms with van der Waals surface area (Å²) in [5, 5.41) is 8.46. The number of aliphatic imine (C=N–C) groups is 1. The Kier molecular flexibility index (Phi) is 4.68. The van der Waals surface area contributed by atoms with Gasteiger partial charge in [-0.3, -0.25) is 14.5 Å². The lowest BCUT2D eigenvalue weighted by atomic mass is 9.93. The van der Waals surface area contributed by atoms with E-state index in [0.29, 0.717) is 18.8 Å². The summed E-state index contributed by atoms with van der Waals surface area (Å²) in [6, 6.07) is 10.7. The monoisotopic (exact) mass is 417 g/mol. The van der Waals surface area contributed by atoms with Crippen LogP contribution in [0, 0.1) is 5.92 Å². The second-order valence-electron chi connectivity index (χ2n) is 8.74. The molecule has 0 radical (unpaired) electrons. The maximum Gasteiger partial charge on any atom is 0.220 e. The first-order valence-corrected chi connectivity index (χ1v) is 10.7. The first kappa shape index (κ1) is 19.6. The number of aryl methyl sites for hydroxylation is 1. The predicted molar refractivity (Wildman–Crippen MR) is 121 cm³/mol. The van der Waals surface area contributed by atoms with Crippen LogP contribution < -0.4 is 15.8 Å². The molecule has 3 N–H and O–H groups in total. The van der Waals surface area contributed by atoms with Crippen LogP contribution in [0.5, 0.6) is 5.75 Å². The van der Waals surface area contributed by atoms with Crippen molar-refractivity contribution in [3.8, 4) is 16.9 Å². The first-order chi connectivity index (χ1) is 14.9. The van der Waals surface area contributed by atoms with E-state index in [4.69, 9.17) is 10.5 Å². The molecule has 160 valence electrons. The average Bonchev–Trinajstić information content (AvgIpc) is 3.32. The molecule has 1 aromatic heterocycles. The molecule has 0 bridgehead atoms. The molecule has 7 nitrogen and oxygen atoms in total. The summed E-state index contributed by atoms with van der Waals surface area (Å²) in [5.74, 6) is 1.62. The molecule has 1 unspecified atom stereocenters. The topological polar surface area (TPSA) is 94.5 Å².